The van der Waals surface area contributed by atoms with Crippen molar-refractivity contribution in [3.05, 3.63) is 0 Å². The fraction of sp³-hybridized carbons (Fsp3) is 1.00. The zero-order valence-corrected chi connectivity index (χ0v) is 24.5. The van der Waals surface area contributed by atoms with E-state index in [9.17, 15) is 0 Å². The fourth-order valence-corrected chi connectivity index (χ4v) is 6.35. The van der Waals surface area contributed by atoms with Gasteiger partial charge in [-0.15, -0.1) is 21.1 Å². The number of hydrogen-bond donors (Lipinski definition) is 0. The number of hydrogen-bond acceptors (Lipinski definition) is 0. The van der Waals surface area contributed by atoms with Gasteiger partial charge in [-0.25, -0.2) is 0 Å². The Labute approximate surface area is 188 Å². The van der Waals surface area contributed by atoms with Crippen LogP contribution in [0, 0.1) is 0 Å². The molecule has 0 amide bonds. The minimum Gasteiger partial charge on any atom is -2.00 e. The van der Waals surface area contributed by atoms with Crippen molar-refractivity contribution in [1.29, 1.82) is 0 Å². The van der Waals surface area contributed by atoms with E-state index >= 15 is 0 Å². The molecule has 0 spiro atoms. The molecule has 0 aromatic heterocycles. The summed E-state index contributed by atoms with van der Waals surface area (Å²) in [4.78, 5) is 0. The average molecular weight is 413 g/mol. The van der Waals surface area contributed by atoms with Gasteiger partial charge in [0.25, 0.3) is 0 Å². The van der Waals surface area contributed by atoms with Crippen molar-refractivity contribution >= 4 is 60.9 Å². The van der Waals surface area contributed by atoms with E-state index in [1.807, 2.05) is 0 Å². The molecule has 0 aromatic carbocycles. The van der Waals surface area contributed by atoms with E-state index in [-0.39, 0.29) is 5.48 Å². The topological polar surface area (TPSA) is 28.5 Å². The molecule has 0 rings (SSSR count). The average Bonchev–Trinajstić information content (AvgIpc) is 2.39. The summed E-state index contributed by atoms with van der Waals surface area (Å²) < 4.78 is 3.83. The van der Waals surface area contributed by atoms with Gasteiger partial charge in [0.15, 0.2) is 30.4 Å². The molecule has 5 heteroatoms. The van der Waals surface area contributed by atoms with Gasteiger partial charge in [-0.3, -0.25) is 0 Å². The van der Waals surface area contributed by atoms with Gasteiger partial charge in [0.2, 0.25) is 0 Å². The summed E-state index contributed by atoms with van der Waals surface area (Å²) >= 11 is 3.06. The van der Waals surface area contributed by atoms with E-state index in [0.29, 0.717) is 30.4 Å². The Bertz CT molecular complexity index is 151. The summed E-state index contributed by atoms with van der Waals surface area (Å²) in [6.07, 6.45) is 0. The van der Waals surface area contributed by atoms with E-state index in [1.165, 1.54) is 21.1 Å². The number of rotatable bonds is 8. The standard InChI is InChI=1S/4C3H7.4C2H5.4Al.O/c4*1-3-2;4*1-2;;;;;/h4*3H,1-2H3;4*1H2,2H3;;;;;/q;;;;;;;;;;2*+1;-2. The summed E-state index contributed by atoms with van der Waals surface area (Å²) in [6, 6.07) is 0. The summed E-state index contributed by atoms with van der Waals surface area (Å²) in [5.74, 6) is 0. The van der Waals surface area contributed by atoms with Crippen molar-refractivity contribution in [2.75, 3.05) is 0 Å². The second kappa shape index (κ2) is 33.7. The van der Waals surface area contributed by atoms with E-state index in [4.69, 9.17) is 0 Å². The van der Waals surface area contributed by atoms with Crippen LogP contribution in [0.5, 0.6) is 0 Å². The van der Waals surface area contributed by atoms with Crippen molar-refractivity contribution in [2.24, 2.45) is 0 Å². The molecule has 0 aliphatic carbocycles. The van der Waals surface area contributed by atoms with E-state index in [0.717, 1.165) is 49.6 Å². The molecule has 0 bridgehead atoms. The Morgan fingerprint density at radius 3 is 0.640 bits per heavy atom. The van der Waals surface area contributed by atoms with Crippen LogP contribution >= 0.6 is 0 Å². The van der Waals surface area contributed by atoms with Crippen LogP contribution in [0.3, 0.4) is 0 Å². The van der Waals surface area contributed by atoms with E-state index in [1.54, 1.807) is 0 Å². The molecule has 2 radical (unpaired) electrons. The van der Waals surface area contributed by atoms with Crippen molar-refractivity contribution in [3.8, 4) is 0 Å². The maximum absolute atomic E-state index is 2.30. The Morgan fingerprint density at radius 1 is 0.480 bits per heavy atom. The minimum atomic E-state index is 0. The third-order valence-corrected chi connectivity index (χ3v) is 8.08. The SMILES string of the molecule is C[CH2][Al][CH2]C.C[CH2][Al][CH2]C.C[CH](C)[Al+][CH](C)C.C[CH](C)[Al+][CH](C)C.[O-2]. The van der Waals surface area contributed by atoms with Gasteiger partial charge in [-0.05, 0) is 0 Å². The molecule has 0 heterocycles. The van der Waals surface area contributed by atoms with Crippen molar-refractivity contribution < 1.29 is 5.48 Å². The zero-order chi connectivity index (χ0) is 20.0. The summed E-state index contributed by atoms with van der Waals surface area (Å²) in [5, 5.41) is 5.71. The van der Waals surface area contributed by atoms with Crippen LogP contribution in [0.4, 0.5) is 0 Å². The Balaban J connectivity index is -0.0000000711. The molecule has 146 valence electrons. The van der Waals surface area contributed by atoms with Crippen LogP contribution in [0.2, 0.25) is 40.3 Å². The molecule has 0 aliphatic heterocycles. The molecular weight excluding hydrogens is 364 g/mol. The monoisotopic (exact) mass is 412 g/mol. The van der Waals surface area contributed by atoms with E-state index in [2.05, 4.69) is 83.1 Å². The molecule has 0 fully saturated rings. The molecule has 0 unspecified atom stereocenters. The fourth-order valence-electron chi connectivity index (χ4n) is 2.12. The largest absolute Gasteiger partial charge is 2.00 e. The van der Waals surface area contributed by atoms with Gasteiger partial charge >= 0.3 is 105 Å². The zero-order valence-electron chi connectivity index (χ0n) is 19.9. The van der Waals surface area contributed by atoms with Gasteiger partial charge in [0, 0.05) is 0 Å². The van der Waals surface area contributed by atoms with Crippen LogP contribution in [-0.2, 0) is 5.48 Å². The second-order valence-electron chi connectivity index (χ2n) is 7.57. The van der Waals surface area contributed by atoms with Gasteiger partial charge in [0.1, 0.15) is 0 Å². The smallest absolute Gasteiger partial charge is 2.00 e. The molecule has 0 saturated carbocycles. The predicted molar refractivity (Wildman–Crippen MR) is 126 cm³/mol. The Hall–Kier alpha value is 2.09. The quantitative estimate of drug-likeness (QED) is 0.365. The first-order valence-corrected chi connectivity index (χ1v) is 16.3. The third kappa shape index (κ3) is 76.3. The van der Waals surface area contributed by atoms with Crippen LogP contribution < -0.4 is 0 Å². The Kier molecular flexibility index (Phi) is 50.9. The van der Waals surface area contributed by atoms with Gasteiger partial charge in [0.05, 0.1) is 0 Å². The molecule has 0 saturated heterocycles. The third-order valence-electron chi connectivity index (χ3n) is 2.69. The minimum absolute atomic E-state index is 0. The maximum Gasteiger partial charge on any atom is -2.00 e. The molecular formula is C20H48Al4O. The van der Waals surface area contributed by atoms with E-state index < -0.39 is 0 Å². The molecule has 25 heavy (non-hydrogen) atoms. The van der Waals surface area contributed by atoms with Gasteiger partial charge in [-0.2, -0.15) is 0 Å². The molecule has 0 aliphatic rings. The Morgan fingerprint density at radius 2 is 0.640 bits per heavy atom. The van der Waals surface area contributed by atoms with Crippen molar-refractivity contribution in [3.63, 3.8) is 0 Å². The second-order valence-corrected chi connectivity index (χ2v) is 18.1. The van der Waals surface area contributed by atoms with Crippen LogP contribution in [-0.4, -0.2) is 60.9 Å². The summed E-state index contributed by atoms with van der Waals surface area (Å²) in [7, 11) is 0. The predicted octanol–water partition coefficient (Wildman–Crippen LogP) is 7.71. The van der Waals surface area contributed by atoms with Gasteiger partial charge in [-0.1, -0.05) is 27.7 Å². The summed E-state index contributed by atoms with van der Waals surface area (Å²) in [5.41, 5.74) is 0. The van der Waals surface area contributed by atoms with Crippen LogP contribution in [0.25, 0.3) is 0 Å². The molecule has 1 nitrogen and oxygen atoms in total. The molecule has 0 atom stereocenters. The molecule has 0 aromatic rings. The van der Waals surface area contributed by atoms with Crippen LogP contribution in [0.1, 0.15) is 83.1 Å². The first-order valence-electron chi connectivity index (χ1n) is 10.4. The van der Waals surface area contributed by atoms with Crippen molar-refractivity contribution in [2.45, 2.75) is 123 Å². The first-order chi connectivity index (χ1) is 11.1. The van der Waals surface area contributed by atoms with Gasteiger partial charge < -0.3 is 5.48 Å². The van der Waals surface area contributed by atoms with Crippen LogP contribution in [0.15, 0.2) is 0 Å². The normalized spacial score (nSPS) is 8.64. The first kappa shape index (κ1) is 37.8. The molecule has 0 N–H and O–H groups in total. The maximum atomic E-state index is 2.30. The summed E-state index contributed by atoms with van der Waals surface area (Å²) in [6.45, 7) is 27.4. The van der Waals surface area contributed by atoms with Crippen molar-refractivity contribution in [1.82, 2.24) is 0 Å².